The fourth-order valence-electron chi connectivity index (χ4n) is 1.51. The minimum Gasteiger partial charge on any atom is -0.488 e. The Kier molecular flexibility index (Phi) is 3.95. The summed E-state index contributed by atoms with van der Waals surface area (Å²) >= 11 is 0. The summed E-state index contributed by atoms with van der Waals surface area (Å²) in [6, 6.07) is 3.36. The SMILES string of the molecule is C=C(C)COc1c(C)cc(C)cc1S(N)(=O)=O. The first-order valence-electron chi connectivity index (χ1n) is 5.13. The average Bonchev–Trinajstić information content (AvgIpc) is 2.13. The van der Waals surface area contributed by atoms with Gasteiger partial charge in [-0.1, -0.05) is 12.6 Å². The molecule has 0 fully saturated rings. The maximum Gasteiger partial charge on any atom is 0.241 e. The number of primary sulfonamides is 1. The molecule has 5 heteroatoms. The van der Waals surface area contributed by atoms with Crippen molar-refractivity contribution in [2.75, 3.05) is 6.61 Å². The van der Waals surface area contributed by atoms with Crippen LogP contribution in [0.4, 0.5) is 0 Å². The molecular weight excluding hydrogens is 238 g/mol. The molecule has 0 aliphatic rings. The van der Waals surface area contributed by atoms with Gasteiger partial charge in [-0.15, -0.1) is 0 Å². The van der Waals surface area contributed by atoms with E-state index in [2.05, 4.69) is 6.58 Å². The smallest absolute Gasteiger partial charge is 0.241 e. The van der Waals surface area contributed by atoms with E-state index in [-0.39, 0.29) is 11.5 Å². The summed E-state index contributed by atoms with van der Waals surface area (Å²) in [6.07, 6.45) is 0. The Labute approximate surface area is 102 Å². The van der Waals surface area contributed by atoms with Crippen molar-refractivity contribution in [2.45, 2.75) is 25.7 Å². The molecule has 17 heavy (non-hydrogen) atoms. The third kappa shape index (κ3) is 3.57. The summed E-state index contributed by atoms with van der Waals surface area (Å²) in [5.41, 5.74) is 2.38. The van der Waals surface area contributed by atoms with Gasteiger partial charge in [-0.05, 0) is 43.5 Å². The van der Waals surface area contributed by atoms with Gasteiger partial charge in [0.05, 0.1) is 0 Å². The quantitative estimate of drug-likeness (QED) is 0.835. The maximum atomic E-state index is 11.5. The predicted molar refractivity (Wildman–Crippen MR) is 67.6 cm³/mol. The van der Waals surface area contributed by atoms with Gasteiger partial charge in [-0.2, -0.15) is 0 Å². The molecule has 94 valence electrons. The average molecular weight is 255 g/mol. The molecular formula is C12H17NO3S. The van der Waals surface area contributed by atoms with Crippen molar-refractivity contribution in [3.8, 4) is 5.75 Å². The number of sulfonamides is 1. The lowest BCUT2D eigenvalue weighted by atomic mass is 10.1. The number of benzene rings is 1. The van der Waals surface area contributed by atoms with Crippen LogP contribution in [-0.4, -0.2) is 15.0 Å². The van der Waals surface area contributed by atoms with E-state index in [1.807, 2.05) is 13.0 Å². The molecule has 0 amide bonds. The lowest BCUT2D eigenvalue weighted by Crippen LogP contribution is -2.15. The monoisotopic (exact) mass is 255 g/mol. The lowest BCUT2D eigenvalue weighted by molar-refractivity contribution is 0.340. The number of hydrogen-bond donors (Lipinski definition) is 1. The maximum absolute atomic E-state index is 11.5. The highest BCUT2D eigenvalue weighted by Crippen LogP contribution is 2.28. The summed E-state index contributed by atoms with van der Waals surface area (Å²) in [6.45, 7) is 9.38. The second kappa shape index (κ2) is 4.89. The van der Waals surface area contributed by atoms with E-state index in [0.717, 1.165) is 16.7 Å². The van der Waals surface area contributed by atoms with E-state index in [1.54, 1.807) is 13.8 Å². The van der Waals surface area contributed by atoms with Crippen molar-refractivity contribution >= 4 is 10.0 Å². The minimum absolute atomic E-state index is 0.0243. The van der Waals surface area contributed by atoms with Crippen LogP contribution in [-0.2, 0) is 10.0 Å². The fraction of sp³-hybridized carbons (Fsp3) is 0.333. The van der Waals surface area contributed by atoms with E-state index in [0.29, 0.717) is 5.75 Å². The van der Waals surface area contributed by atoms with Gasteiger partial charge in [0.1, 0.15) is 17.3 Å². The predicted octanol–water partition coefficient (Wildman–Crippen LogP) is 1.91. The summed E-state index contributed by atoms with van der Waals surface area (Å²) in [4.78, 5) is 0.0243. The summed E-state index contributed by atoms with van der Waals surface area (Å²) in [5.74, 6) is 0.307. The highest BCUT2D eigenvalue weighted by Gasteiger charge is 2.18. The first kappa shape index (κ1) is 13.7. The molecule has 1 rings (SSSR count). The first-order chi connectivity index (χ1) is 7.71. The van der Waals surface area contributed by atoms with Crippen LogP contribution < -0.4 is 9.88 Å². The van der Waals surface area contributed by atoms with E-state index in [9.17, 15) is 8.42 Å². The van der Waals surface area contributed by atoms with Crippen LogP contribution in [0.3, 0.4) is 0 Å². The molecule has 0 radical (unpaired) electrons. The number of hydrogen-bond acceptors (Lipinski definition) is 3. The van der Waals surface area contributed by atoms with Crippen LogP contribution in [0.25, 0.3) is 0 Å². The number of nitrogens with two attached hydrogens (primary N) is 1. The molecule has 1 aromatic rings. The van der Waals surface area contributed by atoms with Gasteiger partial charge in [-0.3, -0.25) is 0 Å². The third-order valence-corrected chi connectivity index (χ3v) is 3.07. The molecule has 0 heterocycles. The van der Waals surface area contributed by atoms with Crippen LogP contribution in [0.1, 0.15) is 18.1 Å². The van der Waals surface area contributed by atoms with Gasteiger partial charge in [0.25, 0.3) is 0 Å². The molecule has 0 atom stereocenters. The minimum atomic E-state index is -3.78. The van der Waals surface area contributed by atoms with E-state index in [4.69, 9.17) is 9.88 Å². The highest BCUT2D eigenvalue weighted by atomic mass is 32.2. The zero-order valence-electron chi connectivity index (χ0n) is 10.3. The second-order valence-corrected chi connectivity index (χ2v) is 5.73. The highest BCUT2D eigenvalue weighted by molar-refractivity contribution is 7.89. The molecule has 0 aliphatic carbocycles. The van der Waals surface area contributed by atoms with Crippen molar-refractivity contribution in [2.24, 2.45) is 5.14 Å². The molecule has 0 spiro atoms. The summed E-state index contributed by atoms with van der Waals surface area (Å²) in [7, 11) is -3.78. The van der Waals surface area contributed by atoms with Gasteiger partial charge in [-0.25, -0.2) is 13.6 Å². The van der Waals surface area contributed by atoms with Gasteiger partial charge in [0, 0.05) is 0 Å². The number of rotatable bonds is 4. The second-order valence-electron chi connectivity index (χ2n) is 4.20. The topological polar surface area (TPSA) is 69.4 Å². The van der Waals surface area contributed by atoms with Crippen molar-refractivity contribution < 1.29 is 13.2 Å². The van der Waals surface area contributed by atoms with Crippen LogP contribution in [0.15, 0.2) is 29.2 Å². The molecule has 0 unspecified atom stereocenters. The Balaban J connectivity index is 3.31. The molecule has 1 aromatic carbocycles. The molecule has 4 nitrogen and oxygen atoms in total. The van der Waals surface area contributed by atoms with Crippen LogP contribution in [0.2, 0.25) is 0 Å². The summed E-state index contributed by atoms with van der Waals surface area (Å²) in [5, 5.41) is 5.17. The van der Waals surface area contributed by atoms with Crippen LogP contribution >= 0.6 is 0 Å². The standard InChI is InChI=1S/C12H17NO3S/c1-8(2)7-16-12-10(4)5-9(3)6-11(12)17(13,14)15/h5-6H,1,7H2,2-4H3,(H2,13,14,15). The van der Waals surface area contributed by atoms with E-state index < -0.39 is 10.0 Å². The largest absolute Gasteiger partial charge is 0.488 e. The molecule has 2 N–H and O–H groups in total. The Hall–Kier alpha value is -1.33. The van der Waals surface area contributed by atoms with Crippen LogP contribution in [0.5, 0.6) is 5.75 Å². The number of aryl methyl sites for hydroxylation is 2. The van der Waals surface area contributed by atoms with E-state index in [1.165, 1.54) is 6.07 Å². The van der Waals surface area contributed by atoms with Crippen LogP contribution in [0, 0.1) is 13.8 Å². The van der Waals surface area contributed by atoms with Gasteiger partial charge < -0.3 is 4.74 Å². The molecule has 0 aromatic heterocycles. The Morgan fingerprint density at radius 1 is 1.41 bits per heavy atom. The fourth-order valence-corrected chi connectivity index (χ4v) is 2.34. The molecule has 0 aliphatic heterocycles. The van der Waals surface area contributed by atoms with Gasteiger partial charge in [0.15, 0.2) is 0 Å². The summed E-state index contributed by atoms with van der Waals surface area (Å²) < 4.78 is 28.4. The van der Waals surface area contributed by atoms with Crippen molar-refractivity contribution in [1.29, 1.82) is 0 Å². The Morgan fingerprint density at radius 2 is 2.00 bits per heavy atom. The Morgan fingerprint density at radius 3 is 2.47 bits per heavy atom. The zero-order chi connectivity index (χ0) is 13.2. The molecule has 0 saturated heterocycles. The zero-order valence-corrected chi connectivity index (χ0v) is 11.1. The molecule has 0 saturated carbocycles. The van der Waals surface area contributed by atoms with Crippen molar-refractivity contribution in [3.05, 3.63) is 35.4 Å². The van der Waals surface area contributed by atoms with Gasteiger partial charge in [0.2, 0.25) is 10.0 Å². The Bertz CT molecular complexity index is 547. The van der Waals surface area contributed by atoms with Gasteiger partial charge >= 0.3 is 0 Å². The molecule has 0 bridgehead atoms. The number of ether oxygens (including phenoxy) is 1. The lowest BCUT2D eigenvalue weighted by Gasteiger charge is -2.14. The normalized spacial score (nSPS) is 11.3. The van der Waals surface area contributed by atoms with Crippen molar-refractivity contribution in [3.63, 3.8) is 0 Å². The third-order valence-electron chi connectivity index (χ3n) is 2.15. The van der Waals surface area contributed by atoms with Crippen molar-refractivity contribution in [1.82, 2.24) is 0 Å². The first-order valence-corrected chi connectivity index (χ1v) is 6.67. The van der Waals surface area contributed by atoms with E-state index >= 15 is 0 Å².